The molecule has 0 aliphatic rings. The first-order valence-corrected chi connectivity index (χ1v) is 3.18. The Kier molecular flexibility index (Phi) is 1.01. The van der Waals surface area contributed by atoms with Gasteiger partial charge in [-0.25, -0.2) is 4.98 Å². The lowest BCUT2D eigenvalue weighted by Gasteiger charge is -1.90. The second-order valence-corrected chi connectivity index (χ2v) is 2.29. The Balaban J connectivity index is 2.95. The third kappa shape index (κ3) is 0.620. The topological polar surface area (TPSA) is 28.7 Å². The van der Waals surface area contributed by atoms with Crippen molar-refractivity contribution in [2.75, 3.05) is 0 Å². The fourth-order valence-corrected chi connectivity index (χ4v) is 1.03. The number of nitrogens with zero attached hydrogens (tertiary/aromatic N) is 1. The second kappa shape index (κ2) is 1.84. The van der Waals surface area contributed by atoms with Crippen molar-refractivity contribution in [3.05, 3.63) is 30.1 Å². The van der Waals surface area contributed by atoms with E-state index in [-0.39, 0.29) is 0 Å². The van der Waals surface area contributed by atoms with Crippen molar-refractivity contribution < 1.29 is 0 Å². The van der Waals surface area contributed by atoms with Crippen LogP contribution < -0.4 is 0 Å². The van der Waals surface area contributed by atoms with E-state index in [1.54, 1.807) is 6.33 Å². The third-order valence-corrected chi connectivity index (χ3v) is 1.59. The minimum absolute atomic E-state index is 0.917. The molecule has 1 heterocycles. The van der Waals surface area contributed by atoms with Crippen molar-refractivity contribution >= 4 is 11.0 Å². The lowest BCUT2D eigenvalue weighted by Crippen LogP contribution is -1.74. The lowest BCUT2D eigenvalue weighted by atomic mass is 10.2. The number of hydrogen-bond donors (Lipinski definition) is 1. The highest BCUT2D eigenvalue weighted by Crippen LogP contribution is 2.11. The Morgan fingerprint density at radius 2 is 2.50 bits per heavy atom. The smallest absolute Gasteiger partial charge is 0.0964 e. The van der Waals surface area contributed by atoms with Crippen molar-refractivity contribution in [3.8, 4) is 0 Å². The van der Waals surface area contributed by atoms with Crippen molar-refractivity contribution in [1.82, 2.24) is 9.97 Å². The molecule has 0 amide bonds. The van der Waals surface area contributed by atoms with Crippen LogP contribution in [0.25, 0.3) is 11.0 Å². The number of imidazole rings is 1. The Morgan fingerprint density at radius 3 is 3.30 bits per heavy atom. The molecule has 2 aromatic rings. The van der Waals surface area contributed by atoms with Gasteiger partial charge in [-0.1, -0.05) is 12.1 Å². The minimum Gasteiger partial charge on any atom is -0.344 e. The Morgan fingerprint density at radius 1 is 1.60 bits per heavy atom. The summed E-state index contributed by atoms with van der Waals surface area (Å²) in [4.78, 5) is 7.11. The summed E-state index contributed by atoms with van der Waals surface area (Å²) in [7, 11) is 0. The predicted molar refractivity (Wildman–Crippen MR) is 39.7 cm³/mol. The number of fused-ring (bicyclic) bond motifs is 1. The van der Waals surface area contributed by atoms with Crippen molar-refractivity contribution in [2.24, 2.45) is 0 Å². The molecular formula is C8H7N2. The SMILES string of the molecule is Cc1cc[c]c2nc[nH]c12. The molecule has 2 nitrogen and oxygen atoms in total. The minimum atomic E-state index is 0.917. The molecule has 1 radical (unpaired) electrons. The van der Waals surface area contributed by atoms with Crippen LogP contribution in [-0.2, 0) is 0 Å². The van der Waals surface area contributed by atoms with Gasteiger partial charge < -0.3 is 4.98 Å². The van der Waals surface area contributed by atoms with Gasteiger partial charge in [0.25, 0.3) is 0 Å². The zero-order valence-corrected chi connectivity index (χ0v) is 5.68. The Hall–Kier alpha value is -1.31. The molecule has 1 aromatic heterocycles. The molecule has 0 spiro atoms. The summed E-state index contributed by atoms with van der Waals surface area (Å²) >= 11 is 0. The van der Waals surface area contributed by atoms with E-state index in [2.05, 4.69) is 16.0 Å². The molecule has 0 atom stereocenters. The predicted octanol–water partition coefficient (Wildman–Crippen LogP) is 1.67. The number of rotatable bonds is 0. The molecule has 0 unspecified atom stereocenters. The third-order valence-electron chi connectivity index (χ3n) is 1.59. The van der Waals surface area contributed by atoms with Crippen molar-refractivity contribution in [2.45, 2.75) is 6.92 Å². The molecule has 2 heteroatoms. The van der Waals surface area contributed by atoms with Crippen LogP contribution in [-0.4, -0.2) is 9.97 Å². The van der Waals surface area contributed by atoms with Gasteiger partial charge in [0.15, 0.2) is 0 Å². The Bertz CT molecular complexity index is 349. The van der Waals surface area contributed by atoms with E-state index >= 15 is 0 Å². The van der Waals surface area contributed by atoms with Gasteiger partial charge in [0.05, 0.1) is 17.4 Å². The molecule has 1 N–H and O–H groups in total. The fourth-order valence-electron chi connectivity index (χ4n) is 1.03. The van der Waals surface area contributed by atoms with Crippen molar-refractivity contribution in [1.29, 1.82) is 0 Å². The highest BCUT2D eigenvalue weighted by molar-refractivity contribution is 5.76. The zero-order chi connectivity index (χ0) is 6.97. The van der Waals surface area contributed by atoms with Crippen LogP contribution >= 0.6 is 0 Å². The number of aryl methyl sites for hydroxylation is 1. The molecule has 0 aliphatic heterocycles. The van der Waals surface area contributed by atoms with E-state index in [1.807, 2.05) is 19.1 Å². The molecule has 0 saturated heterocycles. The van der Waals surface area contributed by atoms with Crippen molar-refractivity contribution in [3.63, 3.8) is 0 Å². The van der Waals surface area contributed by atoms with Crippen LogP contribution in [0.5, 0.6) is 0 Å². The standard InChI is InChI=1S/C8H7N2/c1-6-3-2-4-7-8(6)10-5-9-7/h2-3,5H,1H3,(H,9,10). The van der Waals surface area contributed by atoms with E-state index in [9.17, 15) is 0 Å². The van der Waals surface area contributed by atoms with E-state index in [0.29, 0.717) is 0 Å². The van der Waals surface area contributed by atoms with E-state index in [1.165, 1.54) is 5.56 Å². The van der Waals surface area contributed by atoms with Crippen LogP contribution in [0, 0.1) is 13.0 Å². The molecular weight excluding hydrogens is 124 g/mol. The number of aromatic amines is 1. The first kappa shape index (κ1) is 5.47. The number of nitrogens with one attached hydrogen (secondary N) is 1. The van der Waals surface area contributed by atoms with Crippen LogP contribution in [0.2, 0.25) is 0 Å². The van der Waals surface area contributed by atoms with Gasteiger partial charge in [-0.15, -0.1) is 0 Å². The quantitative estimate of drug-likeness (QED) is 0.578. The van der Waals surface area contributed by atoms with E-state index in [4.69, 9.17) is 0 Å². The summed E-state index contributed by atoms with van der Waals surface area (Å²) in [5.74, 6) is 0. The zero-order valence-electron chi connectivity index (χ0n) is 5.68. The number of aromatic nitrogens is 2. The Labute approximate surface area is 58.9 Å². The first-order chi connectivity index (χ1) is 4.88. The number of hydrogen-bond acceptors (Lipinski definition) is 1. The molecule has 10 heavy (non-hydrogen) atoms. The van der Waals surface area contributed by atoms with Crippen LogP contribution in [0.3, 0.4) is 0 Å². The van der Waals surface area contributed by atoms with Gasteiger partial charge in [-0.2, -0.15) is 0 Å². The summed E-state index contributed by atoms with van der Waals surface area (Å²) in [6, 6.07) is 6.93. The normalized spacial score (nSPS) is 10.5. The number of H-pyrrole nitrogens is 1. The molecule has 0 saturated carbocycles. The maximum atomic E-state index is 4.07. The summed E-state index contributed by atoms with van der Waals surface area (Å²) in [5, 5.41) is 0. The van der Waals surface area contributed by atoms with E-state index < -0.39 is 0 Å². The largest absolute Gasteiger partial charge is 0.344 e. The summed E-state index contributed by atoms with van der Waals surface area (Å²) in [6.45, 7) is 2.05. The van der Waals surface area contributed by atoms with Gasteiger partial charge in [0.2, 0.25) is 0 Å². The van der Waals surface area contributed by atoms with Gasteiger partial charge >= 0.3 is 0 Å². The van der Waals surface area contributed by atoms with Crippen LogP contribution in [0.4, 0.5) is 0 Å². The van der Waals surface area contributed by atoms with Gasteiger partial charge in [-0.05, 0) is 12.5 Å². The molecule has 0 fully saturated rings. The lowest BCUT2D eigenvalue weighted by molar-refractivity contribution is 1.34. The monoisotopic (exact) mass is 131 g/mol. The van der Waals surface area contributed by atoms with Gasteiger partial charge in [0, 0.05) is 6.07 Å². The summed E-state index contributed by atoms with van der Waals surface area (Å²) < 4.78 is 0. The van der Waals surface area contributed by atoms with Gasteiger partial charge in [-0.3, -0.25) is 0 Å². The summed E-state index contributed by atoms with van der Waals surface area (Å²) in [6.07, 6.45) is 1.69. The van der Waals surface area contributed by atoms with E-state index in [0.717, 1.165) is 11.0 Å². The molecule has 0 bridgehead atoms. The maximum absolute atomic E-state index is 4.07. The molecule has 49 valence electrons. The average molecular weight is 131 g/mol. The molecule has 0 aliphatic carbocycles. The average Bonchev–Trinajstić information content (AvgIpc) is 2.36. The number of benzene rings is 1. The fraction of sp³-hybridized carbons (Fsp3) is 0.125. The second-order valence-electron chi connectivity index (χ2n) is 2.29. The van der Waals surface area contributed by atoms with Crippen LogP contribution in [0.15, 0.2) is 18.5 Å². The highest BCUT2D eigenvalue weighted by Gasteiger charge is 1.95. The first-order valence-electron chi connectivity index (χ1n) is 3.18. The highest BCUT2D eigenvalue weighted by atomic mass is 14.9. The maximum Gasteiger partial charge on any atom is 0.0964 e. The molecule has 2 rings (SSSR count). The molecule has 1 aromatic carbocycles. The van der Waals surface area contributed by atoms with Gasteiger partial charge in [0.1, 0.15) is 0 Å². The van der Waals surface area contributed by atoms with Crippen LogP contribution in [0.1, 0.15) is 5.56 Å². The summed E-state index contributed by atoms with van der Waals surface area (Å²) in [5.41, 5.74) is 3.22.